The van der Waals surface area contributed by atoms with Crippen molar-refractivity contribution in [2.24, 2.45) is 0 Å². The van der Waals surface area contributed by atoms with Gasteiger partial charge in [0.25, 0.3) is 11.8 Å². The number of nitrogens with zero attached hydrogens (tertiary/aromatic N) is 4. The number of benzene rings is 2. The Labute approximate surface area is 204 Å². The van der Waals surface area contributed by atoms with Crippen molar-refractivity contribution < 1.29 is 45.2 Å². The molecule has 192 valence electrons. The third-order valence-electron chi connectivity index (χ3n) is 6.93. The molecule has 2 bridgehead atoms. The van der Waals surface area contributed by atoms with Gasteiger partial charge in [-0.15, -0.1) is 0 Å². The summed E-state index contributed by atoms with van der Waals surface area (Å²) in [5.41, 5.74) is -3.23. The number of piperazine rings is 1. The molecule has 5 rings (SSSR count). The van der Waals surface area contributed by atoms with E-state index in [1.54, 1.807) is 4.90 Å². The molecule has 0 aliphatic carbocycles. The number of urea groups is 1. The lowest BCUT2D eigenvalue weighted by atomic mass is 10.1. The summed E-state index contributed by atoms with van der Waals surface area (Å²) >= 11 is 0. The van der Waals surface area contributed by atoms with Gasteiger partial charge in [-0.05, 0) is 42.5 Å². The van der Waals surface area contributed by atoms with Crippen LogP contribution in [0.15, 0.2) is 42.5 Å². The van der Waals surface area contributed by atoms with E-state index < -0.39 is 63.5 Å². The minimum atomic E-state index is -4.91. The summed E-state index contributed by atoms with van der Waals surface area (Å²) in [4.78, 5) is 42.3. The zero-order chi connectivity index (χ0) is 26.9. The van der Waals surface area contributed by atoms with E-state index in [2.05, 4.69) is 5.32 Å². The van der Waals surface area contributed by atoms with Crippen molar-refractivity contribution in [3.05, 3.63) is 59.2 Å². The smallest absolute Gasteiger partial charge is 0.321 e. The van der Waals surface area contributed by atoms with Gasteiger partial charge in [0.15, 0.2) is 12.1 Å². The molecule has 0 aromatic heterocycles. The highest BCUT2D eigenvalue weighted by Gasteiger charge is 2.73. The molecule has 0 radical (unpaired) electrons. The Bertz CT molecular complexity index is 1370. The predicted molar refractivity (Wildman–Crippen MR) is 113 cm³/mol. The number of nitriles is 1. The summed E-state index contributed by atoms with van der Waals surface area (Å²) in [5.74, 6) is -1.50. The summed E-state index contributed by atoms with van der Waals surface area (Å²) in [5, 5.41) is 11.5. The Morgan fingerprint density at radius 2 is 1.68 bits per heavy atom. The normalized spacial score (nSPS) is 26.8. The van der Waals surface area contributed by atoms with Gasteiger partial charge in [0.1, 0.15) is 6.67 Å². The molecule has 37 heavy (non-hydrogen) atoms. The van der Waals surface area contributed by atoms with Gasteiger partial charge >= 0.3 is 18.4 Å². The summed E-state index contributed by atoms with van der Waals surface area (Å²) in [6.07, 6.45) is -9.48. The molecule has 3 aliphatic heterocycles. The number of carbonyl (C=O) groups is 3. The van der Waals surface area contributed by atoms with E-state index in [0.29, 0.717) is 11.0 Å². The van der Waals surface area contributed by atoms with E-state index in [9.17, 15) is 40.7 Å². The number of rotatable bonds is 3. The highest BCUT2D eigenvalue weighted by Crippen LogP contribution is 2.44. The van der Waals surface area contributed by atoms with Crippen LogP contribution >= 0.6 is 0 Å². The van der Waals surface area contributed by atoms with Gasteiger partial charge in [-0.25, -0.2) is 14.2 Å². The number of carbonyl (C=O) groups excluding carboxylic acids is 3. The SMILES string of the molecule is N#Cc1ccc(N2C(=O)C3C[N@]4CC(C(=O)Nc5ccc(C(F)(F)F)cc5)[N+]3(C4)C2=O)cc1C(F)(F)F. The molecule has 2 aromatic carbocycles. The van der Waals surface area contributed by atoms with Crippen molar-refractivity contribution in [3.8, 4) is 6.07 Å². The molecular weight excluding hydrogens is 508 g/mol. The van der Waals surface area contributed by atoms with Gasteiger partial charge in [-0.3, -0.25) is 9.59 Å². The number of quaternary nitrogens is 1. The molecule has 3 saturated heterocycles. The van der Waals surface area contributed by atoms with Gasteiger partial charge in [0.2, 0.25) is 0 Å². The van der Waals surface area contributed by atoms with Crippen LogP contribution in [-0.2, 0) is 21.9 Å². The van der Waals surface area contributed by atoms with Crippen molar-refractivity contribution in [1.29, 1.82) is 5.26 Å². The number of alkyl halides is 6. The van der Waals surface area contributed by atoms with Crippen LogP contribution in [0.1, 0.15) is 16.7 Å². The molecule has 8 nitrogen and oxygen atoms in total. The molecule has 14 heteroatoms. The summed E-state index contributed by atoms with van der Waals surface area (Å²) in [6, 6.07) is 4.54. The van der Waals surface area contributed by atoms with Gasteiger partial charge in [0, 0.05) is 5.69 Å². The van der Waals surface area contributed by atoms with Crippen LogP contribution < -0.4 is 10.2 Å². The van der Waals surface area contributed by atoms with E-state index >= 15 is 0 Å². The number of fused-ring (bicyclic) bond motifs is 1. The first-order valence-corrected chi connectivity index (χ1v) is 10.8. The maximum Gasteiger partial charge on any atom is 0.433 e. The maximum absolute atomic E-state index is 13.6. The number of amides is 4. The van der Waals surface area contributed by atoms with E-state index in [4.69, 9.17) is 5.26 Å². The number of hydrogen-bond acceptors (Lipinski definition) is 5. The minimum Gasteiger partial charge on any atom is -0.321 e. The summed E-state index contributed by atoms with van der Waals surface area (Å²) < 4.78 is 78.2. The van der Waals surface area contributed by atoms with Crippen LogP contribution in [-0.4, -0.2) is 59.1 Å². The number of anilines is 2. The Hall–Kier alpha value is -3.96. The third-order valence-corrected chi connectivity index (χ3v) is 6.93. The maximum atomic E-state index is 13.6. The molecule has 0 saturated carbocycles. The topological polar surface area (TPSA) is 93.5 Å². The summed E-state index contributed by atoms with van der Waals surface area (Å²) in [6.45, 7) is 0.143. The first-order chi connectivity index (χ1) is 17.3. The molecule has 3 unspecified atom stereocenters. The Morgan fingerprint density at radius 3 is 2.27 bits per heavy atom. The van der Waals surface area contributed by atoms with Crippen molar-refractivity contribution in [2.75, 3.05) is 30.0 Å². The van der Waals surface area contributed by atoms with Crippen LogP contribution in [0.25, 0.3) is 0 Å². The van der Waals surface area contributed by atoms with Crippen molar-refractivity contribution in [2.45, 2.75) is 24.4 Å². The average molecular weight is 524 g/mol. The fourth-order valence-electron chi connectivity index (χ4n) is 5.25. The third kappa shape index (κ3) is 3.73. The van der Waals surface area contributed by atoms with E-state index in [1.165, 1.54) is 6.07 Å². The largest absolute Gasteiger partial charge is 0.433 e. The van der Waals surface area contributed by atoms with Crippen molar-refractivity contribution >= 4 is 29.2 Å². The molecule has 4 amide bonds. The second-order valence-corrected chi connectivity index (χ2v) is 9.00. The van der Waals surface area contributed by atoms with Crippen molar-refractivity contribution in [3.63, 3.8) is 0 Å². The monoisotopic (exact) mass is 524 g/mol. The van der Waals surface area contributed by atoms with Crippen LogP contribution in [0.5, 0.6) is 0 Å². The molecule has 3 heterocycles. The molecule has 2 aromatic rings. The second-order valence-electron chi connectivity index (χ2n) is 9.00. The van der Waals surface area contributed by atoms with Gasteiger partial charge in [0.05, 0.1) is 41.5 Å². The number of nitrogens with one attached hydrogen (secondary N) is 1. The van der Waals surface area contributed by atoms with Gasteiger partial charge < -0.3 is 5.32 Å². The second kappa shape index (κ2) is 8.02. The van der Waals surface area contributed by atoms with Crippen molar-refractivity contribution in [1.82, 2.24) is 4.90 Å². The minimum absolute atomic E-state index is 0.0285. The molecule has 3 aliphatic rings. The lowest BCUT2D eigenvalue weighted by Gasteiger charge is -2.32. The average Bonchev–Trinajstić information content (AvgIpc) is 3.46. The molecule has 3 fully saturated rings. The van der Waals surface area contributed by atoms with E-state index in [-0.39, 0.29) is 31.1 Å². The molecular formula is C23H16F6N5O3+. The number of hydrogen-bond donors (Lipinski definition) is 1. The quantitative estimate of drug-likeness (QED) is 0.377. The molecule has 1 N–H and O–H groups in total. The van der Waals surface area contributed by atoms with Gasteiger partial charge in [-0.1, -0.05) is 0 Å². The Balaban J connectivity index is 1.45. The first-order valence-electron chi connectivity index (χ1n) is 10.8. The zero-order valence-electron chi connectivity index (χ0n) is 18.6. The fraction of sp³-hybridized carbons (Fsp3) is 0.304. The highest BCUT2D eigenvalue weighted by atomic mass is 19.4. The molecule has 1 spiro atoms. The van der Waals surface area contributed by atoms with Crippen LogP contribution in [0, 0.1) is 11.3 Å². The first kappa shape index (κ1) is 24.7. The molecule has 4 atom stereocenters. The van der Waals surface area contributed by atoms with Crippen LogP contribution in [0.4, 0.5) is 42.5 Å². The van der Waals surface area contributed by atoms with Crippen LogP contribution in [0.2, 0.25) is 0 Å². The standard InChI is InChI=1S/C23H15F6N5O3/c24-22(25,26)13-2-4-14(5-3-13)31-19(35)17-9-32-10-18-20(36)33(21(37)34(17,18)11-32)15-6-1-12(8-30)16(7-15)23(27,28)29/h1-7,17-18H,9-11H2/p+1. The van der Waals surface area contributed by atoms with Crippen LogP contribution in [0.3, 0.4) is 0 Å². The number of halogens is 6. The predicted octanol–water partition coefficient (Wildman–Crippen LogP) is 3.54. The fourth-order valence-corrected chi connectivity index (χ4v) is 5.25. The lowest BCUT2D eigenvalue weighted by Crippen LogP contribution is -2.63. The zero-order valence-corrected chi connectivity index (χ0v) is 18.6. The highest BCUT2D eigenvalue weighted by molar-refractivity contribution is 6.19. The summed E-state index contributed by atoms with van der Waals surface area (Å²) in [7, 11) is 0. The van der Waals surface area contributed by atoms with E-state index in [0.717, 1.165) is 36.4 Å². The Morgan fingerprint density at radius 1 is 1.00 bits per heavy atom. The number of imide groups is 1. The van der Waals surface area contributed by atoms with Gasteiger partial charge in [-0.2, -0.15) is 36.5 Å². The Kier molecular flexibility index (Phi) is 5.36. The van der Waals surface area contributed by atoms with E-state index in [1.807, 2.05) is 0 Å². The lowest BCUT2D eigenvalue weighted by molar-refractivity contribution is -0.852.